The van der Waals surface area contributed by atoms with Crippen molar-refractivity contribution in [2.24, 2.45) is 0 Å². The first kappa shape index (κ1) is 22.3. The van der Waals surface area contributed by atoms with Crippen molar-refractivity contribution in [3.63, 3.8) is 0 Å². The molecule has 1 fully saturated rings. The van der Waals surface area contributed by atoms with Gasteiger partial charge in [0.05, 0.1) is 26.4 Å². The fourth-order valence-electron chi connectivity index (χ4n) is 2.86. The number of aromatic nitrogens is 1. The van der Waals surface area contributed by atoms with Gasteiger partial charge >= 0.3 is 5.97 Å². The third-order valence-corrected chi connectivity index (χ3v) is 6.27. The Kier molecular flexibility index (Phi) is 7.90. The van der Waals surface area contributed by atoms with Gasteiger partial charge in [-0.25, -0.2) is 13.4 Å². The molecule has 1 aromatic rings. The van der Waals surface area contributed by atoms with Gasteiger partial charge in [0.1, 0.15) is 17.2 Å². The van der Waals surface area contributed by atoms with Gasteiger partial charge in [-0.05, 0) is 38.8 Å². The van der Waals surface area contributed by atoms with Crippen LogP contribution in [0.2, 0.25) is 0 Å². The van der Waals surface area contributed by atoms with Crippen LogP contribution in [0.3, 0.4) is 0 Å². The summed E-state index contributed by atoms with van der Waals surface area (Å²) < 4.78 is 43.4. The minimum absolute atomic E-state index is 0.0182. The molecular weight excluding hydrogens is 388 g/mol. The lowest BCUT2D eigenvalue weighted by atomic mass is 10.2. The van der Waals surface area contributed by atoms with Gasteiger partial charge in [0.2, 0.25) is 15.9 Å². The highest BCUT2D eigenvalue weighted by Gasteiger charge is 2.40. The number of rotatable bonds is 9. The average molecular weight is 414 g/mol. The number of hydrogen-bond donors (Lipinski definition) is 0. The number of morpholine rings is 1. The Hall–Kier alpha value is -2.04. The molecule has 156 valence electrons. The minimum Gasteiger partial charge on any atom is -0.474 e. The van der Waals surface area contributed by atoms with Gasteiger partial charge in [-0.2, -0.15) is 4.31 Å². The Morgan fingerprint density at radius 3 is 2.89 bits per heavy atom. The SMILES string of the molecule is COC(=O)[C@@H]1COCCN1S(=O)(=O)c1ccc(C)nc1O[C@H](C)CCCC=O. The van der Waals surface area contributed by atoms with Crippen molar-refractivity contribution in [2.75, 3.05) is 26.9 Å². The zero-order valence-electron chi connectivity index (χ0n) is 16.3. The maximum absolute atomic E-state index is 13.3. The Morgan fingerprint density at radius 2 is 2.21 bits per heavy atom. The van der Waals surface area contributed by atoms with Crippen LogP contribution in [0.5, 0.6) is 5.88 Å². The summed E-state index contributed by atoms with van der Waals surface area (Å²) in [5, 5.41) is 0. The topological polar surface area (TPSA) is 112 Å². The lowest BCUT2D eigenvalue weighted by Gasteiger charge is -2.32. The molecular formula is C18H26N2O7S. The molecule has 0 N–H and O–H groups in total. The van der Waals surface area contributed by atoms with Gasteiger partial charge in [-0.1, -0.05) is 0 Å². The van der Waals surface area contributed by atoms with E-state index in [1.54, 1.807) is 19.9 Å². The van der Waals surface area contributed by atoms with Crippen LogP contribution in [-0.2, 0) is 29.1 Å². The predicted octanol–water partition coefficient (Wildman–Crippen LogP) is 1.09. The molecule has 2 heterocycles. The Bertz CT molecular complexity index is 797. The van der Waals surface area contributed by atoms with Crippen molar-refractivity contribution in [3.05, 3.63) is 17.8 Å². The van der Waals surface area contributed by atoms with Gasteiger partial charge in [0, 0.05) is 18.7 Å². The molecule has 10 heteroatoms. The highest BCUT2D eigenvalue weighted by molar-refractivity contribution is 7.89. The number of nitrogens with zero attached hydrogens (tertiary/aromatic N) is 2. The molecule has 0 saturated carbocycles. The summed E-state index contributed by atoms with van der Waals surface area (Å²) in [5.74, 6) is -0.707. The highest BCUT2D eigenvalue weighted by Crippen LogP contribution is 2.29. The summed E-state index contributed by atoms with van der Waals surface area (Å²) in [4.78, 5) is 26.6. The largest absolute Gasteiger partial charge is 0.474 e. The van der Waals surface area contributed by atoms with Crippen LogP contribution in [0.1, 0.15) is 31.9 Å². The lowest BCUT2D eigenvalue weighted by Crippen LogP contribution is -2.52. The minimum atomic E-state index is -4.08. The van der Waals surface area contributed by atoms with Crippen molar-refractivity contribution in [1.29, 1.82) is 0 Å². The first-order valence-corrected chi connectivity index (χ1v) is 10.5. The lowest BCUT2D eigenvalue weighted by molar-refractivity contribution is -0.149. The van der Waals surface area contributed by atoms with Crippen LogP contribution < -0.4 is 4.74 Å². The second-order valence-electron chi connectivity index (χ2n) is 6.51. The number of hydrogen-bond acceptors (Lipinski definition) is 8. The van der Waals surface area contributed by atoms with E-state index in [0.29, 0.717) is 25.0 Å². The van der Waals surface area contributed by atoms with Crippen molar-refractivity contribution in [3.8, 4) is 5.88 Å². The van der Waals surface area contributed by atoms with Crippen molar-refractivity contribution < 1.29 is 32.2 Å². The number of methoxy groups -OCH3 is 1. The molecule has 0 spiro atoms. The molecule has 0 aliphatic carbocycles. The van der Waals surface area contributed by atoms with Crippen LogP contribution in [0.15, 0.2) is 17.0 Å². The Balaban J connectivity index is 2.33. The van der Waals surface area contributed by atoms with E-state index in [2.05, 4.69) is 4.98 Å². The molecule has 0 aromatic carbocycles. The number of carbonyl (C=O) groups excluding carboxylic acids is 2. The maximum atomic E-state index is 13.3. The van der Waals surface area contributed by atoms with E-state index in [0.717, 1.165) is 10.6 Å². The van der Waals surface area contributed by atoms with E-state index < -0.39 is 22.0 Å². The van der Waals surface area contributed by atoms with E-state index in [-0.39, 0.29) is 36.6 Å². The first-order chi connectivity index (χ1) is 13.3. The van der Waals surface area contributed by atoms with Crippen LogP contribution in [0.25, 0.3) is 0 Å². The number of esters is 1. The zero-order valence-corrected chi connectivity index (χ0v) is 17.1. The Labute approximate surface area is 165 Å². The summed E-state index contributed by atoms with van der Waals surface area (Å²) >= 11 is 0. The van der Waals surface area contributed by atoms with E-state index in [1.165, 1.54) is 13.2 Å². The summed E-state index contributed by atoms with van der Waals surface area (Å²) in [6, 6.07) is 1.93. The average Bonchev–Trinajstić information content (AvgIpc) is 2.67. The van der Waals surface area contributed by atoms with Gasteiger partial charge in [0.15, 0.2) is 0 Å². The van der Waals surface area contributed by atoms with Gasteiger partial charge in [-0.15, -0.1) is 0 Å². The van der Waals surface area contributed by atoms with Crippen LogP contribution in [0, 0.1) is 6.92 Å². The fraction of sp³-hybridized carbons (Fsp3) is 0.611. The summed E-state index contributed by atoms with van der Waals surface area (Å²) in [6.07, 6.45) is 2.13. The quantitative estimate of drug-likeness (QED) is 0.335. The molecule has 1 aliphatic rings. The van der Waals surface area contributed by atoms with Crippen molar-refractivity contribution in [1.82, 2.24) is 9.29 Å². The zero-order chi connectivity index (χ0) is 20.7. The number of carbonyl (C=O) groups is 2. The Morgan fingerprint density at radius 1 is 1.46 bits per heavy atom. The summed E-state index contributed by atoms with van der Waals surface area (Å²) in [6.45, 7) is 3.63. The normalized spacial score (nSPS) is 19.0. The van der Waals surface area contributed by atoms with Gasteiger partial charge < -0.3 is 19.0 Å². The third-order valence-electron chi connectivity index (χ3n) is 4.35. The molecule has 0 amide bonds. The first-order valence-electron chi connectivity index (χ1n) is 9.06. The number of sulfonamides is 1. The number of unbranched alkanes of at least 4 members (excludes halogenated alkanes) is 1. The third kappa shape index (κ3) is 5.27. The maximum Gasteiger partial charge on any atom is 0.326 e. The number of aldehydes is 1. The highest BCUT2D eigenvalue weighted by atomic mass is 32.2. The number of aryl methyl sites for hydroxylation is 1. The van der Waals surface area contributed by atoms with E-state index in [1.807, 2.05) is 0 Å². The molecule has 1 saturated heterocycles. The van der Waals surface area contributed by atoms with E-state index >= 15 is 0 Å². The second kappa shape index (κ2) is 9.94. The van der Waals surface area contributed by atoms with Crippen molar-refractivity contribution in [2.45, 2.75) is 50.2 Å². The van der Waals surface area contributed by atoms with Gasteiger partial charge in [-0.3, -0.25) is 4.79 Å². The number of ether oxygens (including phenoxy) is 3. The molecule has 28 heavy (non-hydrogen) atoms. The monoisotopic (exact) mass is 414 g/mol. The van der Waals surface area contributed by atoms with E-state index in [9.17, 15) is 18.0 Å². The molecule has 2 rings (SSSR count). The standard InChI is InChI=1S/C18H26N2O7S/c1-13-7-8-16(17(19-13)27-14(2)6-4-5-10-21)28(23,24)20-9-11-26-12-15(20)18(22)25-3/h7-8,10,14-15H,4-6,9,11-12H2,1-3H3/t14-,15+/m1/s1. The smallest absolute Gasteiger partial charge is 0.326 e. The summed E-state index contributed by atoms with van der Waals surface area (Å²) in [7, 11) is -2.88. The second-order valence-corrected chi connectivity index (χ2v) is 8.37. The molecule has 2 atom stereocenters. The van der Waals surface area contributed by atoms with Gasteiger partial charge in [0.25, 0.3) is 0 Å². The predicted molar refractivity (Wildman–Crippen MR) is 99.5 cm³/mol. The molecule has 1 aliphatic heterocycles. The summed E-state index contributed by atoms with van der Waals surface area (Å²) in [5.41, 5.74) is 0.598. The molecule has 0 radical (unpaired) electrons. The number of pyridine rings is 1. The van der Waals surface area contributed by atoms with Crippen LogP contribution >= 0.6 is 0 Å². The molecule has 1 aromatic heterocycles. The van der Waals surface area contributed by atoms with E-state index in [4.69, 9.17) is 14.2 Å². The fourth-order valence-corrected chi connectivity index (χ4v) is 4.47. The molecule has 0 bridgehead atoms. The molecule has 9 nitrogen and oxygen atoms in total. The van der Waals surface area contributed by atoms with Crippen LogP contribution in [0.4, 0.5) is 0 Å². The van der Waals surface area contributed by atoms with Crippen LogP contribution in [-0.4, -0.2) is 69.0 Å². The molecule has 0 unspecified atom stereocenters. The van der Waals surface area contributed by atoms with Crippen molar-refractivity contribution >= 4 is 22.3 Å².